The van der Waals surface area contributed by atoms with Gasteiger partial charge in [0.25, 0.3) is 15.9 Å². The van der Waals surface area contributed by atoms with Crippen LogP contribution in [0.4, 0.5) is 10.3 Å². The SMILES string of the molecule is CCOc1ccc2nc(NC(=O)c3sc(NS(=O)(=O)c4ccc(Cl)cc4)nc3C)sc2c1. The van der Waals surface area contributed by atoms with Crippen molar-refractivity contribution in [3.63, 3.8) is 0 Å². The third kappa shape index (κ3) is 4.85. The zero-order chi connectivity index (χ0) is 22.9. The highest BCUT2D eigenvalue weighted by Gasteiger charge is 2.21. The summed E-state index contributed by atoms with van der Waals surface area (Å²) in [6.07, 6.45) is 0. The number of carbonyl (C=O) groups excluding carboxylic acids is 1. The zero-order valence-electron chi connectivity index (χ0n) is 16.9. The van der Waals surface area contributed by atoms with Crippen LogP contribution in [0.2, 0.25) is 5.02 Å². The molecule has 0 aliphatic rings. The number of nitrogens with zero attached hydrogens (tertiary/aromatic N) is 2. The number of ether oxygens (including phenoxy) is 1. The van der Waals surface area contributed by atoms with Gasteiger partial charge in [0, 0.05) is 5.02 Å². The Hall–Kier alpha value is -2.73. The van der Waals surface area contributed by atoms with E-state index in [1.54, 1.807) is 6.92 Å². The molecule has 0 unspecified atom stereocenters. The lowest BCUT2D eigenvalue weighted by molar-refractivity contribution is 0.103. The molecule has 0 aliphatic heterocycles. The third-order valence-corrected chi connectivity index (χ3v) is 7.98. The van der Waals surface area contributed by atoms with Crippen LogP contribution in [0.1, 0.15) is 22.3 Å². The van der Waals surface area contributed by atoms with E-state index in [2.05, 4.69) is 20.0 Å². The van der Waals surface area contributed by atoms with Crippen molar-refractivity contribution < 1.29 is 17.9 Å². The number of fused-ring (bicyclic) bond motifs is 1. The molecule has 0 radical (unpaired) electrons. The molecular weight excluding hydrogens is 492 g/mol. The first-order valence-corrected chi connectivity index (χ1v) is 12.8. The average molecular weight is 509 g/mol. The lowest BCUT2D eigenvalue weighted by Crippen LogP contribution is -2.12. The molecule has 4 rings (SSSR count). The number of thiazole rings is 2. The quantitative estimate of drug-likeness (QED) is 0.356. The van der Waals surface area contributed by atoms with Gasteiger partial charge in [0.2, 0.25) is 0 Å². The van der Waals surface area contributed by atoms with Crippen LogP contribution in [0.5, 0.6) is 5.75 Å². The summed E-state index contributed by atoms with van der Waals surface area (Å²) in [5.74, 6) is 0.318. The number of hydrogen-bond acceptors (Lipinski definition) is 8. The number of amides is 1. The number of carbonyl (C=O) groups is 1. The molecule has 4 aromatic rings. The van der Waals surface area contributed by atoms with Crippen LogP contribution < -0.4 is 14.8 Å². The van der Waals surface area contributed by atoms with Crippen LogP contribution in [0.3, 0.4) is 0 Å². The fraction of sp³-hybridized carbons (Fsp3) is 0.150. The highest BCUT2D eigenvalue weighted by molar-refractivity contribution is 7.93. The number of halogens is 1. The summed E-state index contributed by atoms with van der Waals surface area (Å²) in [6, 6.07) is 11.3. The van der Waals surface area contributed by atoms with E-state index in [0.29, 0.717) is 22.5 Å². The van der Waals surface area contributed by atoms with Crippen molar-refractivity contribution in [1.82, 2.24) is 9.97 Å². The molecule has 0 spiro atoms. The van der Waals surface area contributed by atoms with Gasteiger partial charge in [-0.2, -0.15) is 0 Å². The average Bonchev–Trinajstić information content (AvgIpc) is 3.30. The number of nitrogens with one attached hydrogen (secondary N) is 2. The van der Waals surface area contributed by atoms with Gasteiger partial charge >= 0.3 is 0 Å². The van der Waals surface area contributed by atoms with E-state index in [4.69, 9.17) is 16.3 Å². The summed E-state index contributed by atoms with van der Waals surface area (Å²) < 4.78 is 33.9. The topological polar surface area (TPSA) is 110 Å². The molecule has 2 aromatic carbocycles. The maximum absolute atomic E-state index is 12.8. The van der Waals surface area contributed by atoms with Crippen molar-refractivity contribution in [2.75, 3.05) is 16.6 Å². The van der Waals surface area contributed by atoms with Gasteiger partial charge in [-0.25, -0.2) is 18.4 Å². The molecule has 0 atom stereocenters. The van der Waals surface area contributed by atoms with E-state index in [1.807, 2.05) is 25.1 Å². The molecule has 0 aliphatic carbocycles. The number of sulfonamides is 1. The number of aromatic nitrogens is 2. The molecule has 1 amide bonds. The summed E-state index contributed by atoms with van der Waals surface area (Å²) in [7, 11) is -3.86. The van der Waals surface area contributed by atoms with Crippen molar-refractivity contribution in [2.24, 2.45) is 0 Å². The molecule has 12 heteroatoms. The van der Waals surface area contributed by atoms with Crippen molar-refractivity contribution in [3.8, 4) is 5.75 Å². The minimum atomic E-state index is -3.86. The Morgan fingerprint density at radius 3 is 2.56 bits per heavy atom. The molecule has 0 saturated heterocycles. The molecule has 166 valence electrons. The molecule has 2 N–H and O–H groups in total. The smallest absolute Gasteiger partial charge is 0.269 e. The number of rotatable bonds is 7. The van der Waals surface area contributed by atoms with Gasteiger partial charge in [-0.3, -0.25) is 14.8 Å². The maximum atomic E-state index is 12.8. The second-order valence-electron chi connectivity index (χ2n) is 6.53. The Kier molecular flexibility index (Phi) is 6.33. The first-order valence-electron chi connectivity index (χ1n) is 9.35. The molecule has 8 nitrogen and oxygen atoms in total. The largest absolute Gasteiger partial charge is 0.494 e. The summed E-state index contributed by atoms with van der Waals surface area (Å²) in [4.78, 5) is 21.7. The number of anilines is 2. The van der Waals surface area contributed by atoms with Gasteiger partial charge in [-0.05, 0) is 56.3 Å². The minimum absolute atomic E-state index is 0.0432. The first kappa shape index (κ1) is 22.5. The van der Waals surface area contributed by atoms with Crippen molar-refractivity contribution in [3.05, 3.63) is 58.1 Å². The van der Waals surface area contributed by atoms with Crippen LogP contribution in [-0.2, 0) is 10.0 Å². The Morgan fingerprint density at radius 2 is 1.84 bits per heavy atom. The third-order valence-electron chi connectivity index (χ3n) is 4.24. The van der Waals surface area contributed by atoms with Gasteiger partial charge in [-0.1, -0.05) is 34.3 Å². The van der Waals surface area contributed by atoms with E-state index in [1.165, 1.54) is 35.6 Å². The van der Waals surface area contributed by atoms with E-state index in [0.717, 1.165) is 27.3 Å². The van der Waals surface area contributed by atoms with E-state index in [9.17, 15) is 13.2 Å². The van der Waals surface area contributed by atoms with Crippen LogP contribution in [0, 0.1) is 6.92 Å². The van der Waals surface area contributed by atoms with Crippen LogP contribution in [0.25, 0.3) is 10.2 Å². The maximum Gasteiger partial charge on any atom is 0.269 e. The van der Waals surface area contributed by atoms with Gasteiger partial charge < -0.3 is 4.74 Å². The highest BCUT2D eigenvalue weighted by atomic mass is 35.5. The van der Waals surface area contributed by atoms with Crippen molar-refractivity contribution in [1.29, 1.82) is 0 Å². The molecule has 2 heterocycles. The fourth-order valence-corrected chi connectivity index (χ4v) is 5.92. The van der Waals surface area contributed by atoms with Gasteiger partial charge in [-0.15, -0.1) is 0 Å². The van der Waals surface area contributed by atoms with Crippen LogP contribution in [-0.4, -0.2) is 30.9 Å². The van der Waals surface area contributed by atoms with E-state index < -0.39 is 15.9 Å². The second kappa shape index (κ2) is 9.02. The summed E-state index contributed by atoms with van der Waals surface area (Å²) in [5.41, 5.74) is 1.15. The van der Waals surface area contributed by atoms with Gasteiger partial charge in [0.05, 0.1) is 27.4 Å². The van der Waals surface area contributed by atoms with Crippen molar-refractivity contribution >= 4 is 70.7 Å². The predicted octanol–water partition coefficient (Wildman–Crippen LogP) is 5.17. The predicted molar refractivity (Wildman–Crippen MR) is 128 cm³/mol. The second-order valence-corrected chi connectivity index (χ2v) is 10.7. The molecule has 0 bridgehead atoms. The summed E-state index contributed by atoms with van der Waals surface area (Å²) in [5, 5.41) is 3.70. The Labute approximate surface area is 197 Å². The Morgan fingerprint density at radius 1 is 1.09 bits per heavy atom. The summed E-state index contributed by atoms with van der Waals surface area (Å²) >= 11 is 8.08. The molecular formula is C20H17ClN4O4S3. The lowest BCUT2D eigenvalue weighted by Gasteiger charge is -2.04. The fourth-order valence-electron chi connectivity index (χ4n) is 2.81. The summed E-state index contributed by atoms with van der Waals surface area (Å²) in [6.45, 7) is 4.10. The zero-order valence-corrected chi connectivity index (χ0v) is 20.1. The number of aryl methyl sites for hydroxylation is 1. The monoisotopic (exact) mass is 508 g/mol. The molecule has 2 aromatic heterocycles. The van der Waals surface area contributed by atoms with Gasteiger partial charge in [0.1, 0.15) is 10.6 Å². The molecule has 0 saturated carbocycles. The Bertz CT molecular complexity index is 1400. The van der Waals surface area contributed by atoms with Gasteiger partial charge in [0.15, 0.2) is 10.3 Å². The normalized spacial score (nSPS) is 11.5. The Balaban J connectivity index is 1.51. The minimum Gasteiger partial charge on any atom is -0.494 e. The van der Waals surface area contributed by atoms with Crippen LogP contribution >= 0.6 is 34.3 Å². The molecule has 0 fully saturated rings. The van der Waals surface area contributed by atoms with Crippen molar-refractivity contribution in [2.45, 2.75) is 18.7 Å². The van der Waals surface area contributed by atoms with E-state index >= 15 is 0 Å². The van der Waals surface area contributed by atoms with E-state index in [-0.39, 0.29) is 14.9 Å². The number of hydrogen-bond donors (Lipinski definition) is 2. The standard InChI is InChI=1S/C20H17ClN4O4S3/c1-3-29-13-6-9-15-16(10-13)30-19(23-15)24-18(26)17-11(2)22-20(31-17)25-32(27,28)14-7-4-12(21)5-8-14/h4-10H,3H2,1-2H3,(H,22,25)(H,23,24,26). The molecule has 32 heavy (non-hydrogen) atoms. The lowest BCUT2D eigenvalue weighted by atomic mass is 10.3. The number of benzene rings is 2. The highest BCUT2D eigenvalue weighted by Crippen LogP contribution is 2.31. The van der Waals surface area contributed by atoms with Crippen LogP contribution in [0.15, 0.2) is 47.4 Å². The first-order chi connectivity index (χ1) is 15.2.